The average molecular weight is 286 g/mol. The third-order valence-corrected chi connectivity index (χ3v) is 3.01. The van der Waals surface area contributed by atoms with Crippen LogP contribution in [0.25, 0.3) is 0 Å². The quantitative estimate of drug-likeness (QED) is 0.574. The number of H-pyrrole nitrogens is 2. The highest BCUT2D eigenvalue weighted by Gasteiger charge is 2.03. The summed E-state index contributed by atoms with van der Waals surface area (Å²) in [6.07, 6.45) is 1.66. The van der Waals surface area contributed by atoms with E-state index in [0.29, 0.717) is 11.6 Å². The Morgan fingerprint density at radius 2 is 2.00 bits per heavy atom. The number of hydrogen-bond acceptors (Lipinski definition) is 3. The summed E-state index contributed by atoms with van der Waals surface area (Å²) in [6, 6.07) is 9.33. The van der Waals surface area contributed by atoms with Crippen LogP contribution in [-0.2, 0) is 11.2 Å². The second-order valence-corrected chi connectivity index (χ2v) is 5.08. The molecule has 0 saturated heterocycles. The van der Waals surface area contributed by atoms with Crippen LogP contribution in [0.4, 0.5) is 0 Å². The van der Waals surface area contributed by atoms with Gasteiger partial charge in [-0.2, -0.15) is 5.10 Å². The van der Waals surface area contributed by atoms with E-state index in [9.17, 15) is 9.59 Å². The van der Waals surface area contributed by atoms with Gasteiger partial charge in [-0.25, -0.2) is 5.43 Å². The molecule has 2 aromatic rings. The van der Waals surface area contributed by atoms with Gasteiger partial charge in [0, 0.05) is 11.8 Å². The molecule has 110 valence electrons. The highest BCUT2D eigenvalue weighted by Crippen LogP contribution is 2.13. The van der Waals surface area contributed by atoms with Crippen molar-refractivity contribution in [3.63, 3.8) is 0 Å². The smallest absolute Gasteiger partial charge is 0.264 e. The average Bonchev–Trinajstić information content (AvgIpc) is 2.84. The van der Waals surface area contributed by atoms with Crippen molar-refractivity contribution in [3.05, 3.63) is 57.5 Å². The number of carbonyl (C=O) groups excluding carboxylic acids is 1. The summed E-state index contributed by atoms with van der Waals surface area (Å²) >= 11 is 0. The van der Waals surface area contributed by atoms with E-state index in [-0.39, 0.29) is 17.9 Å². The lowest BCUT2D eigenvalue weighted by molar-refractivity contribution is -0.120. The maximum absolute atomic E-state index is 11.6. The normalized spacial score (nSPS) is 11.2. The van der Waals surface area contributed by atoms with Gasteiger partial charge in [-0.05, 0) is 17.0 Å². The van der Waals surface area contributed by atoms with Gasteiger partial charge in [0.15, 0.2) is 0 Å². The minimum atomic E-state index is -0.291. The van der Waals surface area contributed by atoms with E-state index < -0.39 is 0 Å². The monoisotopic (exact) mass is 286 g/mol. The molecule has 0 aliphatic carbocycles. The van der Waals surface area contributed by atoms with Gasteiger partial charge < -0.3 is 5.10 Å². The highest BCUT2D eigenvalue weighted by atomic mass is 16.2. The molecule has 0 aliphatic rings. The molecule has 1 aromatic carbocycles. The van der Waals surface area contributed by atoms with Crippen LogP contribution in [-0.4, -0.2) is 22.3 Å². The number of benzene rings is 1. The fourth-order valence-electron chi connectivity index (χ4n) is 1.83. The van der Waals surface area contributed by atoms with Crippen molar-refractivity contribution in [1.29, 1.82) is 0 Å². The molecule has 0 spiro atoms. The van der Waals surface area contributed by atoms with Crippen molar-refractivity contribution in [2.24, 2.45) is 5.10 Å². The molecule has 6 heteroatoms. The van der Waals surface area contributed by atoms with E-state index in [1.54, 1.807) is 6.21 Å². The minimum Gasteiger partial charge on any atom is -0.302 e. The summed E-state index contributed by atoms with van der Waals surface area (Å²) < 4.78 is 0. The fourth-order valence-corrected chi connectivity index (χ4v) is 1.83. The highest BCUT2D eigenvalue weighted by molar-refractivity contribution is 5.83. The number of nitrogens with zero attached hydrogens (tertiary/aromatic N) is 1. The maximum atomic E-state index is 11.6. The minimum absolute atomic E-state index is 0.0718. The molecule has 0 radical (unpaired) electrons. The first-order chi connectivity index (χ1) is 10.0. The first-order valence-corrected chi connectivity index (χ1v) is 6.73. The van der Waals surface area contributed by atoms with E-state index in [4.69, 9.17) is 0 Å². The molecule has 0 unspecified atom stereocenters. The molecule has 3 N–H and O–H groups in total. The first kappa shape index (κ1) is 14.8. The van der Waals surface area contributed by atoms with E-state index in [1.165, 1.54) is 11.6 Å². The van der Waals surface area contributed by atoms with Crippen molar-refractivity contribution in [3.8, 4) is 0 Å². The number of hydrazone groups is 1. The standard InChI is InChI=1S/C15H18N4O2/c1-10(2)12-5-3-11(4-6-12)9-16-18-14(20)7-13-8-15(21)19-17-13/h3-6,8-10H,7H2,1-2H3,(H,18,20)(H2,17,19,21)/b16-9+. The molecule has 1 heterocycles. The van der Waals surface area contributed by atoms with Gasteiger partial charge in [0.1, 0.15) is 0 Å². The van der Waals surface area contributed by atoms with Crippen LogP contribution < -0.4 is 11.0 Å². The summed E-state index contributed by atoms with van der Waals surface area (Å²) in [7, 11) is 0. The molecule has 21 heavy (non-hydrogen) atoms. The van der Waals surface area contributed by atoms with Crippen LogP contribution in [0.15, 0.2) is 40.2 Å². The summed E-state index contributed by atoms with van der Waals surface area (Å²) in [6.45, 7) is 4.27. The fraction of sp³-hybridized carbons (Fsp3) is 0.267. The molecule has 6 nitrogen and oxygen atoms in total. The maximum Gasteiger partial charge on any atom is 0.264 e. The summed E-state index contributed by atoms with van der Waals surface area (Å²) in [5.41, 5.74) is 4.85. The Labute approximate surface area is 122 Å². The van der Waals surface area contributed by atoms with E-state index in [1.807, 2.05) is 24.3 Å². The van der Waals surface area contributed by atoms with Crippen molar-refractivity contribution in [2.45, 2.75) is 26.2 Å². The second-order valence-electron chi connectivity index (χ2n) is 5.08. The summed E-state index contributed by atoms with van der Waals surface area (Å²) in [5, 5.41) is 8.87. The van der Waals surface area contributed by atoms with Gasteiger partial charge in [0.25, 0.3) is 5.56 Å². The van der Waals surface area contributed by atoms with Crippen molar-refractivity contribution in [1.82, 2.24) is 15.6 Å². The zero-order valence-electron chi connectivity index (χ0n) is 12.0. The van der Waals surface area contributed by atoms with E-state index >= 15 is 0 Å². The largest absolute Gasteiger partial charge is 0.302 e. The van der Waals surface area contributed by atoms with Gasteiger partial charge in [-0.3, -0.25) is 14.7 Å². The molecule has 0 aliphatic heterocycles. The first-order valence-electron chi connectivity index (χ1n) is 6.73. The lowest BCUT2D eigenvalue weighted by Gasteiger charge is -2.04. The molecule has 0 bridgehead atoms. The van der Waals surface area contributed by atoms with Crippen molar-refractivity contribution < 1.29 is 4.79 Å². The van der Waals surface area contributed by atoms with Crippen LogP contribution in [0.5, 0.6) is 0 Å². The van der Waals surface area contributed by atoms with Gasteiger partial charge in [-0.15, -0.1) is 0 Å². The van der Waals surface area contributed by atoms with Gasteiger partial charge in [-0.1, -0.05) is 38.1 Å². The number of amides is 1. The molecule has 2 rings (SSSR count). The molecule has 0 saturated carbocycles. The molecule has 0 fully saturated rings. The Morgan fingerprint density at radius 3 is 2.57 bits per heavy atom. The van der Waals surface area contributed by atoms with Crippen molar-refractivity contribution in [2.75, 3.05) is 0 Å². The number of carbonyl (C=O) groups is 1. The summed E-state index contributed by atoms with van der Waals surface area (Å²) in [5.74, 6) is 0.194. The zero-order valence-corrected chi connectivity index (χ0v) is 12.0. The van der Waals surface area contributed by atoms with Gasteiger partial charge in [0.05, 0.1) is 12.6 Å². The second kappa shape index (κ2) is 6.69. The molecule has 1 aromatic heterocycles. The zero-order chi connectivity index (χ0) is 15.2. The number of aromatic nitrogens is 2. The third kappa shape index (κ3) is 4.45. The van der Waals surface area contributed by atoms with Crippen LogP contribution in [0.2, 0.25) is 0 Å². The van der Waals surface area contributed by atoms with Crippen LogP contribution >= 0.6 is 0 Å². The van der Waals surface area contributed by atoms with Gasteiger partial charge >= 0.3 is 0 Å². The molecular formula is C15H18N4O2. The Hall–Kier alpha value is -2.63. The Morgan fingerprint density at radius 1 is 1.29 bits per heavy atom. The lowest BCUT2D eigenvalue weighted by atomic mass is 10.0. The third-order valence-electron chi connectivity index (χ3n) is 3.01. The van der Waals surface area contributed by atoms with E-state index in [2.05, 4.69) is 34.6 Å². The molecular weight excluding hydrogens is 268 g/mol. The van der Waals surface area contributed by atoms with Crippen molar-refractivity contribution >= 4 is 12.1 Å². The summed E-state index contributed by atoms with van der Waals surface area (Å²) in [4.78, 5) is 22.5. The lowest BCUT2D eigenvalue weighted by Crippen LogP contribution is -2.20. The number of aromatic amines is 2. The molecule has 1 amide bonds. The van der Waals surface area contributed by atoms with Crippen LogP contribution in [0.3, 0.4) is 0 Å². The van der Waals surface area contributed by atoms with Crippen LogP contribution in [0, 0.1) is 0 Å². The number of hydrogen-bond donors (Lipinski definition) is 3. The number of rotatable bonds is 5. The number of nitrogens with one attached hydrogen (secondary N) is 3. The Kier molecular flexibility index (Phi) is 4.71. The topological polar surface area (TPSA) is 90.1 Å². The Balaban J connectivity index is 1.86. The van der Waals surface area contributed by atoms with E-state index in [0.717, 1.165) is 5.56 Å². The Bertz CT molecular complexity index is 680. The predicted molar refractivity (Wildman–Crippen MR) is 81.4 cm³/mol. The SMILES string of the molecule is CC(C)c1ccc(/C=N/NC(=O)Cc2cc(=O)[nH][nH]2)cc1. The van der Waals surface area contributed by atoms with Crippen LogP contribution in [0.1, 0.15) is 36.6 Å². The predicted octanol–water partition coefficient (Wildman–Crippen LogP) is 1.52. The van der Waals surface area contributed by atoms with Gasteiger partial charge in [0.2, 0.25) is 5.91 Å². The molecule has 0 atom stereocenters.